The molecule has 0 saturated carbocycles. The number of nitrogens with zero attached hydrogens (tertiary/aromatic N) is 7. The van der Waals surface area contributed by atoms with Crippen molar-refractivity contribution in [3.8, 4) is 5.95 Å². The number of hydrogen-bond acceptors (Lipinski definition) is 7. The second kappa shape index (κ2) is 6.08. The SMILES string of the molecule is Cc1cc(C)n(-c2nnc(NN=Cc3ccccc3)nn2)n1. The van der Waals surface area contributed by atoms with Crippen LogP contribution in [0, 0.1) is 13.8 Å². The standard InChI is InChI=1S/C14H14N8/c1-10-8-11(2)22(21-10)14-19-17-13(18-20-14)16-15-9-12-6-4-3-5-7-12/h3-9H,1-2H3,(H,16,17,18). The Balaban J connectivity index is 1.69. The summed E-state index contributed by atoms with van der Waals surface area (Å²) in [6.45, 7) is 3.82. The number of hydrogen-bond donors (Lipinski definition) is 1. The first kappa shape index (κ1) is 13.8. The molecule has 1 N–H and O–H groups in total. The molecule has 8 heteroatoms. The second-order valence-corrected chi connectivity index (χ2v) is 4.64. The summed E-state index contributed by atoms with van der Waals surface area (Å²) in [5.41, 5.74) is 5.46. The molecule has 1 aromatic carbocycles. The smallest absolute Gasteiger partial charge is 0.243 e. The Morgan fingerprint density at radius 1 is 1.05 bits per heavy atom. The molecule has 3 aromatic rings. The van der Waals surface area contributed by atoms with Crippen molar-refractivity contribution in [1.29, 1.82) is 0 Å². The summed E-state index contributed by atoms with van der Waals surface area (Å²) in [5.74, 6) is 0.542. The predicted octanol–water partition coefficient (Wildman–Crippen LogP) is 1.52. The average molecular weight is 294 g/mol. The molecule has 3 rings (SSSR count). The molecule has 0 fully saturated rings. The number of benzene rings is 1. The van der Waals surface area contributed by atoms with E-state index in [1.165, 1.54) is 0 Å². The summed E-state index contributed by atoms with van der Waals surface area (Å²) in [5, 5.41) is 24.1. The fourth-order valence-electron chi connectivity index (χ4n) is 1.89. The number of nitrogens with one attached hydrogen (secondary N) is 1. The van der Waals surface area contributed by atoms with Crippen LogP contribution in [0.5, 0.6) is 0 Å². The van der Waals surface area contributed by atoms with Gasteiger partial charge in [-0.2, -0.15) is 10.2 Å². The quantitative estimate of drug-likeness (QED) is 0.579. The zero-order valence-electron chi connectivity index (χ0n) is 12.2. The van der Waals surface area contributed by atoms with Crippen LogP contribution >= 0.6 is 0 Å². The van der Waals surface area contributed by atoms with E-state index >= 15 is 0 Å². The third-order valence-corrected chi connectivity index (χ3v) is 2.85. The molecule has 0 unspecified atom stereocenters. The van der Waals surface area contributed by atoms with Gasteiger partial charge in [0.15, 0.2) is 0 Å². The molecule has 0 amide bonds. The molecule has 110 valence electrons. The maximum atomic E-state index is 4.27. The van der Waals surface area contributed by atoms with E-state index < -0.39 is 0 Å². The monoisotopic (exact) mass is 294 g/mol. The molecule has 8 nitrogen and oxygen atoms in total. The third-order valence-electron chi connectivity index (χ3n) is 2.85. The molecule has 0 aliphatic carbocycles. The van der Waals surface area contributed by atoms with Crippen molar-refractivity contribution >= 4 is 12.2 Å². The molecular weight excluding hydrogens is 280 g/mol. The van der Waals surface area contributed by atoms with Crippen LogP contribution in [-0.4, -0.2) is 36.4 Å². The number of aryl methyl sites for hydroxylation is 2. The fourth-order valence-corrected chi connectivity index (χ4v) is 1.89. The van der Waals surface area contributed by atoms with Gasteiger partial charge in [-0.15, -0.1) is 20.4 Å². The maximum Gasteiger partial charge on any atom is 0.289 e. The summed E-state index contributed by atoms with van der Waals surface area (Å²) in [4.78, 5) is 0. The second-order valence-electron chi connectivity index (χ2n) is 4.64. The number of anilines is 1. The minimum atomic E-state index is 0.220. The maximum absolute atomic E-state index is 4.27. The Kier molecular flexibility index (Phi) is 3.82. The fraction of sp³-hybridized carbons (Fsp3) is 0.143. The van der Waals surface area contributed by atoms with Gasteiger partial charge >= 0.3 is 0 Å². The van der Waals surface area contributed by atoms with E-state index in [0.717, 1.165) is 17.0 Å². The van der Waals surface area contributed by atoms with Crippen LogP contribution in [0.15, 0.2) is 41.5 Å². The predicted molar refractivity (Wildman–Crippen MR) is 81.9 cm³/mol. The molecule has 0 aliphatic rings. The van der Waals surface area contributed by atoms with Crippen molar-refractivity contribution in [3.63, 3.8) is 0 Å². The zero-order valence-corrected chi connectivity index (χ0v) is 12.2. The van der Waals surface area contributed by atoms with Gasteiger partial charge in [-0.3, -0.25) is 0 Å². The summed E-state index contributed by atoms with van der Waals surface area (Å²) in [6, 6.07) is 11.6. The van der Waals surface area contributed by atoms with Gasteiger partial charge < -0.3 is 0 Å². The highest BCUT2D eigenvalue weighted by atomic mass is 15.5. The summed E-state index contributed by atoms with van der Waals surface area (Å²) in [7, 11) is 0. The van der Waals surface area contributed by atoms with Crippen molar-refractivity contribution in [2.24, 2.45) is 5.10 Å². The first-order valence-electron chi connectivity index (χ1n) is 6.67. The van der Waals surface area contributed by atoms with E-state index in [1.54, 1.807) is 10.9 Å². The van der Waals surface area contributed by atoms with E-state index in [4.69, 9.17) is 0 Å². The Morgan fingerprint density at radius 2 is 1.77 bits per heavy atom. The molecule has 0 aliphatic heterocycles. The highest BCUT2D eigenvalue weighted by Crippen LogP contribution is 2.06. The van der Waals surface area contributed by atoms with E-state index in [-0.39, 0.29) is 5.95 Å². The van der Waals surface area contributed by atoms with Gasteiger partial charge in [0.05, 0.1) is 11.9 Å². The lowest BCUT2D eigenvalue weighted by molar-refractivity contribution is 0.711. The molecule has 0 radical (unpaired) electrons. The molecule has 2 heterocycles. The molecular formula is C14H14N8. The Morgan fingerprint density at radius 3 is 2.41 bits per heavy atom. The largest absolute Gasteiger partial charge is 0.289 e. The van der Waals surface area contributed by atoms with Gasteiger partial charge in [0, 0.05) is 5.69 Å². The van der Waals surface area contributed by atoms with Gasteiger partial charge in [0.1, 0.15) is 0 Å². The molecule has 22 heavy (non-hydrogen) atoms. The highest BCUT2D eigenvalue weighted by Gasteiger charge is 2.07. The number of hydrazone groups is 1. The zero-order chi connectivity index (χ0) is 15.4. The number of aromatic nitrogens is 6. The lowest BCUT2D eigenvalue weighted by Gasteiger charge is -2.01. The van der Waals surface area contributed by atoms with Crippen LogP contribution in [0.4, 0.5) is 5.95 Å². The van der Waals surface area contributed by atoms with Crippen LogP contribution < -0.4 is 5.43 Å². The lowest BCUT2D eigenvalue weighted by atomic mass is 10.2. The Hall–Kier alpha value is -3.16. The van der Waals surface area contributed by atoms with Crippen LogP contribution in [0.1, 0.15) is 17.0 Å². The van der Waals surface area contributed by atoms with Crippen LogP contribution in [-0.2, 0) is 0 Å². The number of rotatable bonds is 4. The van der Waals surface area contributed by atoms with Crippen LogP contribution in [0.3, 0.4) is 0 Å². The van der Waals surface area contributed by atoms with E-state index in [0.29, 0.717) is 5.95 Å². The Labute approximate surface area is 126 Å². The molecule has 0 spiro atoms. The van der Waals surface area contributed by atoms with Gasteiger partial charge in [-0.05, 0) is 25.5 Å². The Bertz CT molecular complexity index is 776. The topological polar surface area (TPSA) is 93.8 Å². The molecule has 0 bridgehead atoms. The molecule has 2 aromatic heterocycles. The van der Waals surface area contributed by atoms with Crippen molar-refractivity contribution in [1.82, 2.24) is 30.2 Å². The molecule has 0 atom stereocenters. The van der Waals surface area contributed by atoms with Crippen molar-refractivity contribution in [3.05, 3.63) is 53.3 Å². The van der Waals surface area contributed by atoms with Crippen molar-refractivity contribution in [2.45, 2.75) is 13.8 Å². The van der Waals surface area contributed by atoms with E-state index in [1.807, 2.05) is 50.2 Å². The summed E-state index contributed by atoms with van der Waals surface area (Å²) < 4.78 is 1.59. The minimum absolute atomic E-state index is 0.220. The first-order chi connectivity index (χ1) is 10.7. The van der Waals surface area contributed by atoms with Gasteiger partial charge in [-0.25, -0.2) is 10.1 Å². The van der Waals surface area contributed by atoms with Crippen LogP contribution in [0.25, 0.3) is 5.95 Å². The summed E-state index contributed by atoms with van der Waals surface area (Å²) >= 11 is 0. The van der Waals surface area contributed by atoms with Gasteiger partial charge in [-0.1, -0.05) is 30.3 Å². The van der Waals surface area contributed by atoms with Crippen molar-refractivity contribution in [2.75, 3.05) is 5.43 Å². The molecule has 0 saturated heterocycles. The minimum Gasteiger partial charge on any atom is -0.243 e. The van der Waals surface area contributed by atoms with E-state index in [2.05, 4.69) is 36.0 Å². The van der Waals surface area contributed by atoms with Gasteiger partial charge in [0.25, 0.3) is 11.9 Å². The average Bonchev–Trinajstić information content (AvgIpc) is 2.88. The third kappa shape index (κ3) is 3.11. The first-order valence-corrected chi connectivity index (χ1v) is 6.67. The van der Waals surface area contributed by atoms with Crippen molar-refractivity contribution < 1.29 is 0 Å². The highest BCUT2D eigenvalue weighted by molar-refractivity contribution is 5.79. The van der Waals surface area contributed by atoms with Gasteiger partial charge in [0.2, 0.25) is 0 Å². The van der Waals surface area contributed by atoms with Crippen LogP contribution in [0.2, 0.25) is 0 Å². The summed E-state index contributed by atoms with van der Waals surface area (Å²) in [6.07, 6.45) is 1.66. The van der Waals surface area contributed by atoms with E-state index in [9.17, 15) is 0 Å². The lowest BCUT2D eigenvalue weighted by Crippen LogP contribution is -2.09. The normalized spacial score (nSPS) is 11.0.